The first-order valence-electron chi connectivity index (χ1n) is 9.25. The van der Waals surface area contributed by atoms with E-state index in [-0.39, 0.29) is 18.2 Å². The Labute approximate surface area is 167 Å². The number of aryl methyl sites for hydroxylation is 1. The van der Waals surface area contributed by atoms with E-state index in [1.54, 1.807) is 4.90 Å². The minimum Gasteiger partial charge on any atom is -0.494 e. The highest BCUT2D eigenvalue weighted by Gasteiger charge is 2.35. The average molecular weight is 395 g/mol. The third kappa shape index (κ3) is 3.71. The molecule has 1 aliphatic rings. The van der Waals surface area contributed by atoms with Crippen LogP contribution in [0.5, 0.6) is 5.75 Å². The molecule has 6 nitrogen and oxygen atoms in total. The molecular formula is C21H21N3O3S. The van der Waals surface area contributed by atoms with E-state index in [0.717, 1.165) is 27.2 Å². The van der Waals surface area contributed by atoms with Gasteiger partial charge in [0.15, 0.2) is 5.13 Å². The Morgan fingerprint density at radius 2 is 2.07 bits per heavy atom. The predicted molar refractivity (Wildman–Crippen MR) is 111 cm³/mol. The third-order valence-corrected chi connectivity index (χ3v) is 5.66. The van der Waals surface area contributed by atoms with Gasteiger partial charge in [0, 0.05) is 18.7 Å². The van der Waals surface area contributed by atoms with Crippen molar-refractivity contribution in [2.45, 2.75) is 20.3 Å². The molecule has 3 aromatic rings. The number of nitrogens with zero attached hydrogens (tertiary/aromatic N) is 2. The molecule has 1 aromatic heterocycles. The van der Waals surface area contributed by atoms with Crippen molar-refractivity contribution < 1.29 is 14.3 Å². The molecule has 28 heavy (non-hydrogen) atoms. The lowest BCUT2D eigenvalue weighted by atomic mass is 10.1. The standard InChI is InChI=1S/C21H21N3O3S/c1-3-27-16-7-5-15(6-8-16)24-12-14(11-19(24)25)20(26)23-21-22-17-9-4-13(2)10-18(17)28-21/h4-10,14H,3,11-12H2,1-2H3,(H,22,23,26)/t14-/m1/s1. The lowest BCUT2D eigenvalue weighted by molar-refractivity contribution is -0.122. The van der Waals surface area contributed by atoms with E-state index in [1.165, 1.54) is 11.3 Å². The SMILES string of the molecule is CCOc1ccc(N2C[C@H](C(=O)Nc3nc4ccc(C)cc4s3)CC2=O)cc1. The van der Waals surface area contributed by atoms with Crippen molar-refractivity contribution in [1.82, 2.24) is 4.98 Å². The Kier molecular flexibility index (Phi) is 5.00. The number of ether oxygens (including phenoxy) is 1. The Hall–Kier alpha value is -2.93. The van der Waals surface area contributed by atoms with Gasteiger partial charge in [-0.2, -0.15) is 0 Å². The summed E-state index contributed by atoms with van der Waals surface area (Å²) in [5.41, 5.74) is 2.80. The highest BCUT2D eigenvalue weighted by atomic mass is 32.1. The maximum atomic E-state index is 12.7. The number of carbonyl (C=O) groups is 2. The van der Waals surface area contributed by atoms with E-state index in [1.807, 2.05) is 50.2 Å². The highest BCUT2D eigenvalue weighted by Crippen LogP contribution is 2.30. The van der Waals surface area contributed by atoms with Gasteiger partial charge < -0.3 is 15.0 Å². The summed E-state index contributed by atoms with van der Waals surface area (Å²) in [4.78, 5) is 31.2. The zero-order valence-electron chi connectivity index (χ0n) is 15.8. The van der Waals surface area contributed by atoms with Crippen LogP contribution in [0.25, 0.3) is 10.2 Å². The molecule has 2 aromatic carbocycles. The molecule has 1 aliphatic heterocycles. The molecule has 2 amide bonds. The van der Waals surface area contributed by atoms with Crippen LogP contribution in [-0.4, -0.2) is 29.9 Å². The molecule has 0 saturated carbocycles. The summed E-state index contributed by atoms with van der Waals surface area (Å²) in [6.07, 6.45) is 0.197. The fraction of sp³-hybridized carbons (Fsp3) is 0.286. The van der Waals surface area contributed by atoms with Gasteiger partial charge in [-0.1, -0.05) is 17.4 Å². The zero-order valence-corrected chi connectivity index (χ0v) is 16.6. The van der Waals surface area contributed by atoms with Crippen molar-refractivity contribution in [3.63, 3.8) is 0 Å². The number of rotatable bonds is 5. The number of thiazole rings is 1. The maximum Gasteiger partial charge on any atom is 0.231 e. The first-order chi connectivity index (χ1) is 13.5. The van der Waals surface area contributed by atoms with Gasteiger partial charge in [0.25, 0.3) is 0 Å². The molecule has 4 rings (SSSR count). The van der Waals surface area contributed by atoms with Gasteiger partial charge in [-0.3, -0.25) is 9.59 Å². The predicted octanol–water partition coefficient (Wildman–Crippen LogP) is 4.00. The number of anilines is 2. The molecule has 1 N–H and O–H groups in total. The van der Waals surface area contributed by atoms with Crippen molar-refractivity contribution in [3.8, 4) is 5.75 Å². The number of carbonyl (C=O) groups excluding carboxylic acids is 2. The van der Waals surface area contributed by atoms with Crippen LogP contribution in [0.4, 0.5) is 10.8 Å². The van der Waals surface area contributed by atoms with Crippen molar-refractivity contribution in [3.05, 3.63) is 48.0 Å². The van der Waals surface area contributed by atoms with E-state index in [4.69, 9.17) is 4.74 Å². The number of hydrogen-bond acceptors (Lipinski definition) is 5. The van der Waals surface area contributed by atoms with Crippen molar-refractivity contribution in [2.75, 3.05) is 23.4 Å². The van der Waals surface area contributed by atoms with E-state index < -0.39 is 5.92 Å². The normalized spacial score (nSPS) is 16.6. The topological polar surface area (TPSA) is 71.5 Å². The van der Waals surface area contributed by atoms with Gasteiger partial charge >= 0.3 is 0 Å². The minimum atomic E-state index is -0.396. The second kappa shape index (κ2) is 7.59. The lowest BCUT2D eigenvalue weighted by Crippen LogP contribution is -2.28. The second-order valence-corrected chi connectivity index (χ2v) is 7.84. The molecule has 0 bridgehead atoms. The fourth-order valence-electron chi connectivity index (χ4n) is 3.31. The molecule has 1 saturated heterocycles. The molecule has 1 fully saturated rings. The average Bonchev–Trinajstić information content (AvgIpc) is 3.25. The van der Waals surface area contributed by atoms with Crippen molar-refractivity contribution in [1.29, 1.82) is 0 Å². The lowest BCUT2D eigenvalue weighted by Gasteiger charge is -2.17. The smallest absolute Gasteiger partial charge is 0.231 e. The summed E-state index contributed by atoms with van der Waals surface area (Å²) in [5.74, 6) is 0.146. The van der Waals surface area contributed by atoms with Gasteiger partial charge in [-0.05, 0) is 55.8 Å². The van der Waals surface area contributed by atoms with Crippen LogP contribution >= 0.6 is 11.3 Å². The Morgan fingerprint density at radius 1 is 1.29 bits per heavy atom. The summed E-state index contributed by atoms with van der Waals surface area (Å²) < 4.78 is 6.47. The molecule has 0 radical (unpaired) electrons. The van der Waals surface area contributed by atoms with Gasteiger partial charge in [-0.15, -0.1) is 0 Å². The monoisotopic (exact) mass is 395 g/mol. The van der Waals surface area contributed by atoms with Gasteiger partial charge in [0.05, 0.1) is 22.7 Å². The minimum absolute atomic E-state index is 0.0516. The van der Waals surface area contributed by atoms with E-state index in [2.05, 4.69) is 16.4 Å². The van der Waals surface area contributed by atoms with Gasteiger partial charge in [0.1, 0.15) is 5.75 Å². The molecule has 144 valence electrons. The second-order valence-electron chi connectivity index (χ2n) is 6.81. The molecule has 1 atom stereocenters. The van der Waals surface area contributed by atoms with Gasteiger partial charge in [-0.25, -0.2) is 4.98 Å². The number of fused-ring (bicyclic) bond motifs is 1. The number of hydrogen-bond donors (Lipinski definition) is 1. The van der Waals surface area contributed by atoms with Crippen LogP contribution in [0.2, 0.25) is 0 Å². The van der Waals surface area contributed by atoms with Crippen LogP contribution in [0.3, 0.4) is 0 Å². The summed E-state index contributed by atoms with van der Waals surface area (Å²) in [6, 6.07) is 13.4. The summed E-state index contributed by atoms with van der Waals surface area (Å²) in [7, 11) is 0. The van der Waals surface area contributed by atoms with Crippen LogP contribution < -0.4 is 15.0 Å². The first kappa shape index (κ1) is 18.4. The Morgan fingerprint density at radius 3 is 2.82 bits per heavy atom. The Balaban J connectivity index is 1.44. The highest BCUT2D eigenvalue weighted by molar-refractivity contribution is 7.22. The summed E-state index contributed by atoms with van der Waals surface area (Å²) in [6.45, 7) is 4.91. The maximum absolute atomic E-state index is 12.7. The van der Waals surface area contributed by atoms with Crippen LogP contribution in [0.1, 0.15) is 18.9 Å². The van der Waals surface area contributed by atoms with Crippen molar-refractivity contribution in [2.24, 2.45) is 5.92 Å². The van der Waals surface area contributed by atoms with Crippen LogP contribution in [0, 0.1) is 12.8 Å². The van der Waals surface area contributed by atoms with E-state index in [9.17, 15) is 9.59 Å². The number of nitrogens with one attached hydrogen (secondary N) is 1. The van der Waals surface area contributed by atoms with Crippen LogP contribution in [-0.2, 0) is 9.59 Å². The van der Waals surface area contributed by atoms with E-state index in [0.29, 0.717) is 18.3 Å². The Bertz CT molecular complexity index is 1030. The van der Waals surface area contributed by atoms with Crippen LogP contribution in [0.15, 0.2) is 42.5 Å². The quantitative estimate of drug-likeness (QED) is 0.709. The third-order valence-electron chi connectivity index (χ3n) is 4.73. The van der Waals surface area contributed by atoms with Gasteiger partial charge in [0.2, 0.25) is 11.8 Å². The number of benzene rings is 2. The molecule has 7 heteroatoms. The molecule has 2 heterocycles. The number of amides is 2. The largest absolute Gasteiger partial charge is 0.494 e. The zero-order chi connectivity index (χ0) is 19.7. The molecule has 0 unspecified atom stereocenters. The molecular weight excluding hydrogens is 374 g/mol. The fourth-order valence-corrected chi connectivity index (χ4v) is 4.28. The van der Waals surface area contributed by atoms with E-state index >= 15 is 0 Å². The first-order valence-corrected chi connectivity index (χ1v) is 10.1. The summed E-state index contributed by atoms with van der Waals surface area (Å²) in [5, 5.41) is 3.45. The molecule has 0 aliphatic carbocycles. The van der Waals surface area contributed by atoms with Crippen molar-refractivity contribution >= 4 is 44.2 Å². The molecule has 0 spiro atoms. The summed E-state index contributed by atoms with van der Waals surface area (Å²) >= 11 is 1.45. The number of aromatic nitrogens is 1.